The lowest BCUT2D eigenvalue weighted by Crippen LogP contribution is -2.30. The van der Waals surface area contributed by atoms with Gasteiger partial charge in [-0.15, -0.1) is 0 Å². The summed E-state index contributed by atoms with van der Waals surface area (Å²) in [5, 5.41) is 0. The molecule has 6 nitrogen and oxygen atoms in total. The molecule has 0 saturated heterocycles. The number of carbonyl (C=O) groups is 3. The van der Waals surface area contributed by atoms with Crippen LogP contribution in [-0.4, -0.2) is 37.2 Å². The van der Waals surface area contributed by atoms with Crippen LogP contribution in [0.4, 0.5) is 0 Å². The summed E-state index contributed by atoms with van der Waals surface area (Å²) < 4.78 is 16.9. The molecule has 81 heavy (non-hydrogen) atoms. The van der Waals surface area contributed by atoms with E-state index in [0.717, 1.165) is 122 Å². The molecule has 0 N–H and O–H groups in total. The molecule has 1 unspecified atom stereocenters. The third-order valence-electron chi connectivity index (χ3n) is 14.4. The highest BCUT2D eigenvalue weighted by atomic mass is 16.6. The van der Waals surface area contributed by atoms with Crippen molar-refractivity contribution in [2.45, 2.75) is 322 Å². The summed E-state index contributed by atoms with van der Waals surface area (Å²) in [4.78, 5) is 38.4. The van der Waals surface area contributed by atoms with E-state index in [0.29, 0.717) is 19.3 Å². The molecule has 0 rings (SSSR count). The lowest BCUT2D eigenvalue weighted by Gasteiger charge is -2.18. The molecule has 0 aliphatic heterocycles. The van der Waals surface area contributed by atoms with Crippen molar-refractivity contribution in [1.82, 2.24) is 0 Å². The first kappa shape index (κ1) is 76.8. The van der Waals surface area contributed by atoms with Gasteiger partial charge in [0, 0.05) is 19.3 Å². The predicted octanol–water partition coefficient (Wildman–Crippen LogP) is 23.6. The Morgan fingerprint density at radius 1 is 0.259 bits per heavy atom. The van der Waals surface area contributed by atoms with Gasteiger partial charge in [0.1, 0.15) is 13.2 Å². The van der Waals surface area contributed by atoms with Gasteiger partial charge in [-0.25, -0.2) is 0 Å². The molecule has 0 saturated carbocycles. The first-order chi connectivity index (χ1) is 40.0. The Balaban J connectivity index is 4.35. The van der Waals surface area contributed by atoms with Crippen molar-refractivity contribution in [2.24, 2.45) is 0 Å². The van der Waals surface area contributed by atoms with E-state index in [1.165, 1.54) is 154 Å². The van der Waals surface area contributed by atoms with Crippen molar-refractivity contribution in [2.75, 3.05) is 13.2 Å². The van der Waals surface area contributed by atoms with Crippen LogP contribution in [0.2, 0.25) is 0 Å². The van der Waals surface area contributed by atoms with Crippen LogP contribution in [-0.2, 0) is 28.6 Å². The van der Waals surface area contributed by atoms with Gasteiger partial charge in [0.25, 0.3) is 0 Å². The third-order valence-corrected chi connectivity index (χ3v) is 14.4. The van der Waals surface area contributed by atoms with Gasteiger partial charge in [-0.05, 0) is 135 Å². The SMILES string of the molecule is CC/C=C\C/C=C\C/C=C\C/C=C\C/C=C\C/C=C\C/C=C\CCCCCCCCCC(=O)OCC(COC(=O)CCCCCCC/C=C\CCCCCC)OC(=O)CCCCCCCCCCC/C=C\C/C=C\CCCCCCC. The Bertz CT molecular complexity index is 1670. The first-order valence-corrected chi connectivity index (χ1v) is 34.0. The third kappa shape index (κ3) is 66.5. The Morgan fingerprint density at radius 3 is 0.778 bits per heavy atom. The number of hydrogen-bond acceptors (Lipinski definition) is 6. The fourth-order valence-electron chi connectivity index (χ4n) is 9.33. The number of esters is 3. The minimum Gasteiger partial charge on any atom is -0.462 e. The average molecular weight is 1120 g/mol. The highest BCUT2D eigenvalue weighted by Gasteiger charge is 2.19. The van der Waals surface area contributed by atoms with Crippen LogP contribution in [0.5, 0.6) is 0 Å². The predicted molar refractivity (Wildman–Crippen MR) is 353 cm³/mol. The van der Waals surface area contributed by atoms with Gasteiger partial charge >= 0.3 is 17.9 Å². The highest BCUT2D eigenvalue weighted by Crippen LogP contribution is 2.16. The summed E-state index contributed by atoms with van der Waals surface area (Å²) in [5.41, 5.74) is 0. The van der Waals surface area contributed by atoms with E-state index in [2.05, 4.69) is 142 Å². The summed E-state index contributed by atoms with van der Waals surface area (Å²) in [6.07, 6.45) is 94.9. The van der Waals surface area contributed by atoms with Crippen LogP contribution < -0.4 is 0 Å². The Morgan fingerprint density at radius 2 is 0.481 bits per heavy atom. The number of ether oxygens (including phenoxy) is 3. The molecule has 6 heteroatoms. The van der Waals surface area contributed by atoms with Gasteiger partial charge in [0.2, 0.25) is 0 Å². The Kier molecular flexibility index (Phi) is 64.8. The van der Waals surface area contributed by atoms with Crippen LogP contribution in [0.15, 0.2) is 122 Å². The maximum absolute atomic E-state index is 12.9. The van der Waals surface area contributed by atoms with Crippen molar-refractivity contribution < 1.29 is 28.6 Å². The highest BCUT2D eigenvalue weighted by molar-refractivity contribution is 5.71. The second kappa shape index (κ2) is 68.3. The van der Waals surface area contributed by atoms with E-state index in [1.807, 2.05) is 0 Å². The molecule has 0 spiro atoms. The normalized spacial score (nSPS) is 12.9. The van der Waals surface area contributed by atoms with Crippen molar-refractivity contribution in [1.29, 1.82) is 0 Å². The summed E-state index contributed by atoms with van der Waals surface area (Å²) in [5.74, 6) is -0.904. The van der Waals surface area contributed by atoms with E-state index in [-0.39, 0.29) is 31.1 Å². The van der Waals surface area contributed by atoms with Gasteiger partial charge in [0.05, 0.1) is 0 Å². The smallest absolute Gasteiger partial charge is 0.306 e. The first-order valence-electron chi connectivity index (χ1n) is 34.0. The summed E-state index contributed by atoms with van der Waals surface area (Å²) in [6, 6.07) is 0. The second-order valence-electron chi connectivity index (χ2n) is 22.3. The number of allylic oxidation sites excluding steroid dienone is 20. The van der Waals surface area contributed by atoms with Crippen molar-refractivity contribution in [3.8, 4) is 0 Å². The molecule has 1 atom stereocenters. The fraction of sp³-hybridized carbons (Fsp3) is 0.693. The molecule has 0 radical (unpaired) electrons. The molecule has 462 valence electrons. The minimum atomic E-state index is -0.793. The van der Waals surface area contributed by atoms with Crippen LogP contribution in [0.1, 0.15) is 316 Å². The maximum Gasteiger partial charge on any atom is 0.306 e. The molecule has 0 fully saturated rings. The molecule has 0 heterocycles. The van der Waals surface area contributed by atoms with E-state index in [4.69, 9.17) is 14.2 Å². The monoisotopic (exact) mass is 1120 g/mol. The molecule has 0 aromatic carbocycles. The number of rotatable bonds is 61. The summed E-state index contributed by atoms with van der Waals surface area (Å²) in [6.45, 7) is 6.50. The zero-order valence-electron chi connectivity index (χ0n) is 53.0. The number of hydrogen-bond donors (Lipinski definition) is 0. The molecular weight excluding hydrogens is 997 g/mol. The Hall–Kier alpha value is -4.19. The van der Waals surface area contributed by atoms with Gasteiger partial charge in [0.15, 0.2) is 6.10 Å². The van der Waals surface area contributed by atoms with Crippen LogP contribution in [0.25, 0.3) is 0 Å². The zero-order chi connectivity index (χ0) is 58.5. The second-order valence-corrected chi connectivity index (χ2v) is 22.3. The van der Waals surface area contributed by atoms with Gasteiger partial charge in [-0.3, -0.25) is 14.4 Å². The van der Waals surface area contributed by atoms with Gasteiger partial charge in [-0.2, -0.15) is 0 Å². The zero-order valence-corrected chi connectivity index (χ0v) is 53.0. The molecular formula is C75H126O6. The van der Waals surface area contributed by atoms with Crippen molar-refractivity contribution >= 4 is 17.9 Å². The topological polar surface area (TPSA) is 78.9 Å². The number of carbonyl (C=O) groups excluding carboxylic acids is 3. The maximum atomic E-state index is 12.9. The van der Waals surface area contributed by atoms with Crippen LogP contribution in [0, 0.1) is 0 Å². The van der Waals surface area contributed by atoms with E-state index < -0.39 is 6.10 Å². The van der Waals surface area contributed by atoms with Crippen molar-refractivity contribution in [3.05, 3.63) is 122 Å². The summed E-state index contributed by atoms with van der Waals surface area (Å²) >= 11 is 0. The largest absolute Gasteiger partial charge is 0.462 e. The molecule has 0 bridgehead atoms. The van der Waals surface area contributed by atoms with Gasteiger partial charge in [-0.1, -0.05) is 284 Å². The summed E-state index contributed by atoms with van der Waals surface area (Å²) in [7, 11) is 0. The molecule has 0 aliphatic rings. The van der Waals surface area contributed by atoms with E-state index in [1.54, 1.807) is 0 Å². The van der Waals surface area contributed by atoms with Gasteiger partial charge < -0.3 is 14.2 Å². The molecule has 0 aromatic rings. The average Bonchev–Trinajstić information content (AvgIpc) is 3.46. The lowest BCUT2D eigenvalue weighted by atomic mass is 10.1. The van der Waals surface area contributed by atoms with Crippen LogP contribution in [0.3, 0.4) is 0 Å². The molecule has 0 amide bonds. The molecule has 0 aromatic heterocycles. The Labute approximate surface area is 501 Å². The standard InChI is InChI=1S/C75H126O6/c1-4-7-10-13-16-19-22-25-27-29-31-33-34-35-36-37-38-39-40-42-43-45-47-50-53-56-59-62-65-68-74(77)80-71-72(70-79-73(76)67-64-61-58-55-52-49-24-21-18-15-12-9-6-3)81-75(78)69-66-63-60-57-54-51-48-46-44-41-32-30-28-26-23-20-17-14-11-8-5-2/h7,10,16,19,21,23-27,30-33,35-36,38-39,42-43,72H,4-6,8-9,11-15,17-18,20,22,28-29,34,37,40-41,44-71H2,1-3H3/b10-7-,19-16-,24-21-,26-23-,27-25-,32-30-,33-31-,36-35-,39-38-,43-42-. The minimum absolute atomic E-state index is 0.0885. The van der Waals surface area contributed by atoms with Crippen LogP contribution >= 0.6 is 0 Å². The number of unbranched alkanes of at least 4 members (excludes halogenated alkanes) is 30. The lowest BCUT2D eigenvalue weighted by molar-refractivity contribution is -0.167. The van der Waals surface area contributed by atoms with E-state index >= 15 is 0 Å². The molecule has 0 aliphatic carbocycles. The van der Waals surface area contributed by atoms with E-state index in [9.17, 15) is 14.4 Å². The quantitative estimate of drug-likeness (QED) is 0.0261. The fourth-order valence-corrected chi connectivity index (χ4v) is 9.33. The van der Waals surface area contributed by atoms with Crippen molar-refractivity contribution in [3.63, 3.8) is 0 Å².